The fourth-order valence-corrected chi connectivity index (χ4v) is 6.33. The number of carboxylic acids is 1. The van der Waals surface area contributed by atoms with Gasteiger partial charge in [0.15, 0.2) is 15.0 Å². The Morgan fingerprint density at radius 1 is 1.45 bits per heavy atom. The predicted molar refractivity (Wildman–Crippen MR) is 81.6 cm³/mol. The molecule has 2 aliphatic rings. The monoisotopic (exact) mass is 348 g/mol. The van der Waals surface area contributed by atoms with Gasteiger partial charge in [0.25, 0.3) is 5.91 Å². The predicted octanol–water partition coefficient (Wildman–Crippen LogP) is -0.629. The zero-order valence-electron chi connectivity index (χ0n) is 11.7. The van der Waals surface area contributed by atoms with E-state index in [4.69, 9.17) is 5.11 Å². The quantitative estimate of drug-likeness (QED) is 0.631. The zero-order valence-corrected chi connectivity index (χ0v) is 13.3. The van der Waals surface area contributed by atoms with Crippen LogP contribution in [0.2, 0.25) is 0 Å². The van der Waals surface area contributed by atoms with Crippen molar-refractivity contribution in [2.24, 2.45) is 4.99 Å². The van der Waals surface area contributed by atoms with E-state index in [0.29, 0.717) is 11.7 Å². The fraction of sp³-hybridized carbons (Fsp3) is 0.583. The number of hydrogen-bond acceptors (Lipinski definition) is 6. The van der Waals surface area contributed by atoms with Gasteiger partial charge in [-0.3, -0.25) is 4.79 Å². The van der Waals surface area contributed by atoms with Gasteiger partial charge < -0.3 is 14.7 Å². The summed E-state index contributed by atoms with van der Waals surface area (Å²) in [5, 5.41) is 8.72. The molecule has 0 aromatic carbocycles. The largest absolute Gasteiger partial charge is 0.480 e. The Morgan fingerprint density at radius 2 is 2.18 bits per heavy atom. The number of fused-ring (bicyclic) bond motifs is 1. The average molecular weight is 348 g/mol. The first kappa shape index (κ1) is 17.0. The lowest BCUT2D eigenvalue weighted by Gasteiger charge is -2.22. The molecule has 2 saturated heterocycles. The van der Waals surface area contributed by atoms with Crippen molar-refractivity contribution >= 4 is 38.6 Å². The molecule has 0 aromatic heterocycles. The SMILES string of the molecule is C=CCN1C(=NC(=O)COCC(=O)O)SC2CS(=O)(=O)CC21. The average Bonchev–Trinajstić information content (AvgIpc) is 2.83. The van der Waals surface area contributed by atoms with E-state index in [1.807, 2.05) is 0 Å². The lowest BCUT2D eigenvalue weighted by Crippen LogP contribution is -2.37. The van der Waals surface area contributed by atoms with Crippen molar-refractivity contribution in [2.75, 3.05) is 31.3 Å². The van der Waals surface area contributed by atoms with Crippen LogP contribution in [0.4, 0.5) is 0 Å². The molecule has 1 N–H and O–H groups in total. The summed E-state index contributed by atoms with van der Waals surface area (Å²) < 4.78 is 28.0. The minimum Gasteiger partial charge on any atom is -0.480 e. The summed E-state index contributed by atoms with van der Waals surface area (Å²) >= 11 is 1.26. The van der Waals surface area contributed by atoms with Gasteiger partial charge in [0.2, 0.25) is 0 Å². The van der Waals surface area contributed by atoms with Crippen LogP contribution in [0.3, 0.4) is 0 Å². The second-order valence-electron chi connectivity index (χ2n) is 4.92. The lowest BCUT2D eigenvalue weighted by molar-refractivity contribution is -0.143. The van der Waals surface area contributed by atoms with Crippen molar-refractivity contribution in [1.29, 1.82) is 0 Å². The van der Waals surface area contributed by atoms with Crippen molar-refractivity contribution in [2.45, 2.75) is 11.3 Å². The number of amides is 1. The van der Waals surface area contributed by atoms with Crippen LogP contribution in [0.15, 0.2) is 17.6 Å². The van der Waals surface area contributed by atoms with Gasteiger partial charge in [0.1, 0.15) is 13.2 Å². The number of amidine groups is 1. The Kier molecular flexibility index (Phi) is 5.24. The maximum Gasteiger partial charge on any atom is 0.329 e. The standard InChI is InChI=1S/C12H16N2O6S2/c1-2-3-14-8-6-22(18,19)7-9(8)21-12(14)13-10(15)4-20-5-11(16)17/h2,8-9H,1,3-7H2,(H,16,17). The van der Waals surface area contributed by atoms with Crippen LogP contribution in [0.25, 0.3) is 0 Å². The smallest absolute Gasteiger partial charge is 0.329 e. The van der Waals surface area contributed by atoms with E-state index in [0.717, 1.165) is 0 Å². The Balaban J connectivity index is 2.04. The van der Waals surface area contributed by atoms with Gasteiger partial charge in [-0.25, -0.2) is 13.2 Å². The molecule has 2 aliphatic heterocycles. The second-order valence-corrected chi connectivity index (χ2v) is 8.28. The lowest BCUT2D eigenvalue weighted by atomic mass is 10.2. The van der Waals surface area contributed by atoms with Gasteiger partial charge in [-0.05, 0) is 0 Å². The second kappa shape index (κ2) is 6.80. The Labute approximate surface area is 132 Å². The highest BCUT2D eigenvalue weighted by atomic mass is 32.2. The van der Waals surface area contributed by atoms with Gasteiger partial charge in [0, 0.05) is 11.8 Å². The summed E-state index contributed by atoms with van der Waals surface area (Å²) in [6.45, 7) is 3.03. The van der Waals surface area contributed by atoms with Crippen molar-refractivity contribution in [3.8, 4) is 0 Å². The highest BCUT2D eigenvalue weighted by Gasteiger charge is 2.48. The number of carbonyl (C=O) groups excluding carboxylic acids is 1. The molecule has 10 heteroatoms. The molecule has 0 aliphatic carbocycles. The summed E-state index contributed by atoms with van der Waals surface area (Å²) in [5.41, 5.74) is 0. The summed E-state index contributed by atoms with van der Waals surface area (Å²) in [6, 6.07) is -0.209. The highest BCUT2D eigenvalue weighted by Crippen LogP contribution is 2.37. The molecule has 2 atom stereocenters. The number of rotatable bonds is 6. The van der Waals surface area contributed by atoms with E-state index in [2.05, 4.69) is 16.3 Å². The van der Waals surface area contributed by atoms with E-state index in [9.17, 15) is 18.0 Å². The van der Waals surface area contributed by atoms with Crippen molar-refractivity contribution < 1.29 is 27.9 Å². The first-order chi connectivity index (χ1) is 10.3. The molecule has 122 valence electrons. The van der Waals surface area contributed by atoms with E-state index >= 15 is 0 Å². The third-order valence-electron chi connectivity index (χ3n) is 3.17. The van der Waals surface area contributed by atoms with Crippen molar-refractivity contribution in [3.63, 3.8) is 0 Å². The molecule has 2 fully saturated rings. The van der Waals surface area contributed by atoms with Crippen LogP contribution in [0, 0.1) is 0 Å². The van der Waals surface area contributed by atoms with E-state index < -0.39 is 34.9 Å². The number of thioether (sulfide) groups is 1. The topological polar surface area (TPSA) is 113 Å². The first-order valence-electron chi connectivity index (χ1n) is 6.48. The first-order valence-corrected chi connectivity index (χ1v) is 9.18. The van der Waals surface area contributed by atoms with Gasteiger partial charge in [-0.1, -0.05) is 17.8 Å². The summed E-state index contributed by atoms with van der Waals surface area (Å²) in [4.78, 5) is 27.7. The number of carbonyl (C=O) groups is 2. The van der Waals surface area contributed by atoms with Gasteiger partial charge >= 0.3 is 5.97 Å². The molecular weight excluding hydrogens is 332 g/mol. The van der Waals surface area contributed by atoms with Crippen LogP contribution in [0.1, 0.15) is 0 Å². The molecule has 0 bridgehead atoms. The number of hydrogen-bond donors (Lipinski definition) is 1. The Morgan fingerprint density at radius 3 is 2.82 bits per heavy atom. The molecule has 0 saturated carbocycles. The maximum absolute atomic E-state index is 11.7. The number of ether oxygens (including phenoxy) is 1. The third-order valence-corrected chi connectivity index (χ3v) is 6.42. The van der Waals surface area contributed by atoms with Gasteiger partial charge in [0.05, 0.1) is 17.5 Å². The van der Waals surface area contributed by atoms with Crippen LogP contribution in [-0.4, -0.2) is 78.0 Å². The minimum atomic E-state index is -3.06. The number of sulfone groups is 1. The number of nitrogens with zero attached hydrogens (tertiary/aromatic N) is 2. The summed E-state index contributed by atoms with van der Waals surface area (Å²) in [7, 11) is -3.06. The van der Waals surface area contributed by atoms with Crippen LogP contribution in [-0.2, 0) is 24.2 Å². The minimum absolute atomic E-state index is 0.0429. The van der Waals surface area contributed by atoms with Crippen LogP contribution >= 0.6 is 11.8 Å². The number of carboxylic acid groups (broad SMARTS) is 1. The molecule has 0 spiro atoms. The van der Waals surface area contributed by atoms with Gasteiger partial charge in [-0.2, -0.15) is 4.99 Å². The zero-order chi connectivity index (χ0) is 16.3. The molecule has 22 heavy (non-hydrogen) atoms. The maximum atomic E-state index is 11.7. The Hall–Kier alpha value is -1.39. The molecule has 0 aromatic rings. The number of aliphatic imine (C=N–C) groups is 1. The van der Waals surface area contributed by atoms with E-state index in [-0.39, 0.29) is 22.8 Å². The molecule has 2 rings (SSSR count). The van der Waals surface area contributed by atoms with Crippen LogP contribution < -0.4 is 0 Å². The Bertz CT molecular complexity index is 615. The molecule has 8 nitrogen and oxygen atoms in total. The van der Waals surface area contributed by atoms with Crippen LogP contribution in [0.5, 0.6) is 0 Å². The van der Waals surface area contributed by atoms with Crippen molar-refractivity contribution in [3.05, 3.63) is 12.7 Å². The molecule has 0 radical (unpaired) electrons. The number of aliphatic carboxylic acids is 1. The molecule has 2 heterocycles. The van der Waals surface area contributed by atoms with Crippen molar-refractivity contribution in [1.82, 2.24) is 4.90 Å². The third kappa shape index (κ3) is 4.08. The fourth-order valence-electron chi connectivity index (χ4n) is 2.35. The highest BCUT2D eigenvalue weighted by molar-refractivity contribution is 8.15. The molecule has 2 unspecified atom stereocenters. The molecular formula is C12H16N2O6S2. The molecule has 1 amide bonds. The summed E-state index contributed by atoms with van der Waals surface area (Å²) in [5.74, 6) is -1.65. The normalized spacial score (nSPS) is 27.8. The van der Waals surface area contributed by atoms with E-state index in [1.54, 1.807) is 11.0 Å². The van der Waals surface area contributed by atoms with E-state index in [1.165, 1.54) is 11.8 Å². The summed E-state index contributed by atoms with van der Waals surface area (Å²) in [6.07, 6.45) is 1.62. The van der Waals surface area contributed by atoms with Gasteiger partial charge in [-0.15, -0.1) is 6.58 Å².